The van der Waals surface area contributed by atoms with Crippen LogP contribution in [0.2, 0.25) is 0 Å². The molecule has 0 saturated carbocycles. The Morgan fingerprint density at radius 1 is 1.32 bits per heavy atom. The molecular formula is C14H18N2O3. The van der Waals surface area contributed by atoms with E-state index in [1.165, 1.54) is 4.90 Å². The van der Waals surface area contributed by atoms with Gasteiger partial charge in [-0.25, -0.2) is 0 Å². The lowest BCUT2D eigenvalue weighted by Crippen LogP contribution is -2.38. The predicted molar refractivity (Wildman–Crippen MR) is 70.6 cm³/mol. The summed E-state index contributed by atoms with van der Waals surface area (Å²) in [6.07, 6.45) is 0.253. The summed E-state index contributed by atoms with van der Waals surface area (Å²) in [6, 6.07) is 7.22. The Labute approximate surface area is 112 Å². The van der Waals surface area contributed by atoms with Crippen LogP contribution in [0.15, 0.2) is 24.3 Å². The topological polar surface area (TPSA) is 58.6 Å². The van der Waals surface area contributed by atoms with Gasteiger partial charge in [-0.15, -0.1) is 0 Å². The summed E-state index contributed by atoms with van der Waals surface area (Å²) in [5, 5.41) is 3.13. The molecule has 1 aliphatic rings. The molecule has 102 valence electrons. The van der Waals surface area contributed by atoms with Crippen LogP contribution in [0.5, 0.6) is 5.75 Å². The van der Waals surface area contributed by atoms with E-state index in [1.807, 2.05) is 31.2 Å². The predicted octanol–water partition coefficient (Wildman–Crippen LogP) is 0.932. The van der Waals surface area contributed by atoms with Gasteiger partial charge in [0.05, 0.1) is 19.6 Å². The van der Waals surface area contributed by atoms with Crippen molar-refractivity contribution in [3.8, 4) is 5.75 Å². The summed E-state index contributed by atoms with van der Waals surface area (Å²) < 4.78 is 5.08. The molecule has 5 nitrogen and oxygen atoms in total. The minimum Gasteiger partial charge on any atom is -0.497 e. The zero-order chi connectivity index (χ0) is 13.8. The van der Waals surface area contributed by atoms with Gasteiger partial charge in [-0.3, -0.25) is 14.5 Å². The molecule has 0 spiro atoms. The summed E-state index contributed by atoms with van der Waals surface area (Å²) in [7, 11) is 1.62. The zero-order valence-corrected chi connectivity index (χ0v) is 11.2. The maximum Gasteiger partial charge on any atom is 0.246 e. The number of nitrogens with one attached hydrogen (secondary N) is 1. The number of methoxy groups -OCH3 is 1. The van der Waals surface area contributed by atoms with Crippen LogP contribution in [0, 0.1) is 0 Å². The smallest absolute Gasteiger partial charge is 0.246 e. The first-order valence-corrected chi connectivity index (χ1v) is 6.36. The monoisotopic (exact) mass is 262 g/mol. The molecule has 1 heterocycles. The van der Waals surface area contributed by atoms with Crippen molar-refractivity contribution in [3.05, 3.63) is 29.8 Å². The van der Waals surface area contributed by atoms with Crippen LogP contribution < -0.4 is 10.1 Å². The number of carbonyl (C=O) groups is 2. The fourth-order valence-electron chi connectivity index (χ4n) is 2.16. The number of likely N-dealkylation sites (N-methyl/N-ethyl adjacent to an activating group) is 1. The molecule has 19 heavy (non-hydrogen) atoms. The van der Waals surface area contributed by atoms with E-state index in [9.17, 15) is 9.59 Å². The fourth-order valence-corrected chi connectivity index (χ4v) is 2.16. The van der Waals surface area contributed by atoms with E-state index in [0.717, 1.165) is 11.3 Å². The number of rotatable bonds is 5. The first kappa shape index (κ1) is 13.5. The Morgan fingerprint density at radius 2 is 2.00 bits per heavy atom. The minimum absolute atomic E-state index is 0.0975. The van der Waals surface area contributed by atoms with Crippen molar-refractivity contribution in [1.82, 2.24) is 10.2 Å². The van der Waals surface area contributed by atoms with Crippen molar-refractivity contribution in [3.63, 3.8) is 0 Å². The van der Waals surface area contributed by atoms with Crippen molar-refractivity contribution in [2.75, 3.05) is 13.7 Å². The SMILES string of the molecule is CCN1C(=O)CC(NCc2ccc(OC)cc2)C1=O. The zero-order valence-electron chi connectivity index (χ0n) is 11.2. The van der Waals surface area contributed by atoms with Crippen molar-refractivity contribution >= 4 is 11.8 Å². The number of benzene rings is 1. The summed E-state index contributed by atoms with van der Waals surface area (Å²) in [5.41, 5.74) is 1.05. The lowest BCUT2D eigenvalue weighted by atomic mass is 10.2. The highest BCUT2D eigenvalue weighted by molar-refractivity contribution is 6.05. The number of carbonyl (C=O) groups excluding carboxylic acids is 2. The fraction of sp³-hybridized carbons (Fsp3) is 0.429. The van der Waals surface area contributed by atoms with Crippen LogP contribution in [-0.2, 0) is 16.1 Å². The third-order valence-electron chi connectivity index (χ3n) is 3.27. The van der Waals surface area contributed by atoms with Crippen LogP contribution in [-0.4, -0.2) is 36.4 Å². The first-order valence-electron chi connectivity index (χ1n) is 6.36. The van der Waals surface area contributed by atoms with Crippen LogP contribution >= 0.6 is 0 Å². The van der Waals surface area contributed by atoms with Crippen molar-refractivity contribution in [1.29, 1.82) is 0 Å². The van der Waals surface area contributed by atoms with Gasteiger partial charge in [0.1, 0.15) is 5.75 Å². The number of imide groups is 1. The Kier molecular flexibility index (Phi) is 4.16. The number of nitrogens with zero attached hydrogens (tertiary/aromatic N) is 1. The Hall–Kier alpha value is -1.88. The molecule has 1 N–H and O–H groups in total. The first-order chi connectivity index (χ1) is 9.15. The molecule has 1 atom stereocenters. The van der Waals surface area contributed by atoms with Gasteiger partial charge >= 0.3 is 0 Å². The van der Waals surface area contributed by atoms with Gasteiger partial charge in [-0.1, -0.05) is 12.1 Å². The van der Waals surface area contributed by atoms with Gasteiger partial charge in [0.2, 0.25) is 11.8 Å². The summed E-state index contributed by atoms with van der Waals surface area (Å²) in [4.78, 5) is 24.8. The Morgan fingerprint density at radius 3 is 2.53 bits per heavy atom. The highest BCUT2D eigenvalue weighted by Crippen LogP contribution is 2.14. The van der Waals surface area contributed by atoms with E-state index in [4.69, 9.17) is 4.74 Å². The molecule has 1 fully saturated rings. The van der Waals surface area contributed by atoms with Gasteiger partial charge < -0.3 is 10.1 Å². The lowest BCUT2D eigenvalue weighted by molar-refractivity contribution is -0.138. The number of likely N-dealkylation sites (tertiary alicyclic amines) is 1. The van der Waals surface area contributed by atoms with Crippen LogP contribution in [0.3, 0.4) is 0 Å². The Bertz CT molecular complexity index is 470. The number of hydrogen-bond donors (Lipinski definition) is 1. The molecular weight excluding hydrogens is 244 g/mol. The molecule has 1 aromatic rings. The number of ether oxygens (including phenoxy) is 1. The Balaban J connectivity index is 1.92. The molecule has 1 aromatic carbocycles. The van der Waals surface area contributed by atoms with Gasteiger partial charge in [-0.05, 0) is 24.6 Å². The highest BCUT2D eigenvalue weighted by atomic mass is 16.5. The molecule has 0 aromatic heterocycles. The molecule has 1 unspecified atom stereocenters. The van der Waals surface area contributed by atoms with E-state index >= 15 is 0 Å². The van der Waals surface area contributed by atoms with Crippen LogP contribution in [0.4, 0.5) is 0 Å². The standard InChI is InChI=1S/C14H18N2O3/c1-3-16-13(17)8-12(14(16)18)15-9-10-4-6-11(19-2)7-5-10/h4-7,12,15H,3,8-9H2,1-2H3. The van der Waals surface area contributed by atoms with Gasteiger partial charge in [-0.2, -0.15) is 0 Å². The van der Waals surface area contributed by atoms with E-state index < -0.39 is 6.04 Å². The second-order valence-electron chi connectivity index (χ2n) is 4.46. The molecule has 1 saturated heterocycles. The van der Waals surface area contributed by atoms with E-state index in [1.54, 1.807) is 7.11 Å². The van der Waals surface area contributed by atoms with Crippen LogP contribution in [0.25, 0.3) is 0 Å². The van der Waals surface area contributed by atoms with Gasteiger partial charge in [0.15, 0.2) is 0 Å². The van der Waals surface area contributed by atoms with Gasteiger partial charge in [0, 0.05) is 13.1 Å². The maximum absolute atomic E-state index is 11.9. The third kappa shape index (κ3) is 2.93. The minimum atomic E-state index is -0.394. The largest absolute Gasteiger partial charge is 0.497 e. The summed E-state index contributed by atoms with van der Waals surface area (Å²) in [5.74, 6) is 0.578. The second-order valence-corrected chi connectivity index (χ2v) is 4.46. The number of hydrogen-bond acceptors (Lipinski definition) is 4. The second kappa shape index (κ2) is 5.84. The highest BCUT2D eigenvalue weighted by Gasteiger charge is 2.36. The molecule has 0 bridgehead atoms. The maximum atomic E-state index is 11.9. The van der Waals surface area contributed by atoms with Gasteiger partial charge in [0.25, 0.3) is 0 Å². The molecule has 1 aliphatic heterocycles. The lowest BCUT2D eigenvalue weighted by Gasteiger charge is -2.13. The quantitative estimate of drug-likeness (QED) is 0.802. The molecule has 2 rings (SSSR count). The van der Waals surface area contributed by atoms with Crippen molar-refractivity contribution < 1.29 is 14.3 Å². The summed E-state index contributed by atoms with van der Waals surface area (Å²) in [6.45, 7) is 2.81. The molecule has 0 aliphatic carbocycles. The third-order valence-corrected chi connectivity index (χ3v) is 3.27. The summed E-state index contributed by atoms with van der Waals surface area (Å²) >= 11 is 0. The average molecular weight is 262 g/mol. The van der Waals surface area contributed by atoms with Crippen molar-refractivity contribution in [2.24, 2.45) is 0 Å². The van der Waals surface area contributed by atoms with E-state index in [0.29, 0.717) is 13.1 Å². The van der Waals surface area contributed by atoms with E-state index in [-0.39, 0.29) is 18.2 Å². The van der Waals surface area contributed by atoms with E-state index in [2.05, 4.69) is 5.32 Å². The van der Waals surface area contributed by atoms with Crippen molar-refractivity contribution in [2.45, 2.75) is 25.9 Å². The average Bonchev–Trinajstić information content (AvgIpc) is 2.71. The molecule has 0 radical (unpaired) electrons. The molecule has 5 heteroatoms. The van der Waals surface area contributed by atoms with Crippen LogP contribution in [0.1, 0.15) is 18.9 Å². The molecule has 2 amide bonds. The number of amides is 2. The normalized spacial score (nSPS) is 19.1.